The van der Waals surface area contributed by atoms with Crippen molar-refractivity contribution < 1.29 is 14.7 Å². The summed E-state index contributed by atoms with van der Waals surface area (Å²) in [6.45, 7) is 0.389. The van der Waals surface area contributed by atoms with Crippen molar-refractivity contribution in [1.82, 2.24) is 0 Å². The largest absolute Gasteiger partial charge is 0.481 e. The van der Waals surface area contributed by atoms with Crippen LogP contribution in [0.5, 0.6) is 0 Å². The number of carbonyl (C=O) groups is 1. The van der Waals surface area contributed by atoms with Gasteiger partial charge >= 0.3 is 5.97 Å². The van der Waals surface area contributed by atoms with E-state index in [2.05, 4.69) is 0 Å². The Hall–Kier alpha value is -1.12. The van der Waals surface area contributed by atoms with Crippen LogP contribution in [0.25, 0.3) is 0 Å². The van der Waals surface area contributed by atoms with Crippen LogP contribution in [-0.4, -0.2) is 23.6 Å². The maximum atomic E-state index is 10.6. The number of carboxylic acid groups (broad SMARTS) is 1. The number of rotatable bonds is 7. The van der Waals surface area contributed by atoms with Gasteiger partial charge in [0.25, 0.3) is 0 Å². The van der Waals surface area contributed by atoms with E-state index < -0.39 is 5.97 Å². The minimum absolute atomic E-state index is 0.370. The van der Waals surface area contributed by atoms with Gasteiger partial charge in [0, 0.05) is 0 Å². The summed E-state index contributed by atoms with van der Waals surface area (Å²) in [6, 6.07) is 0. The lowest BCUT2D eigenvalue weighted by Gasteiger charge is -2.08. The standard InChI is InChI=1S/C9H15NO3/c10-6-5-8(9(12)13)4-2-1-3-7-11/h3,8H,1-2,4-6,10H2,(H,12,13). The van der Waals surface area contributed by atoms with Crippen molar-refractivity contribution in [3.8, 4) is 0 Å². The zero-order valence-corrected chi connectivity index (χ0v) is 7.53. The average Bonchev–Trinajstić information content (AvgIpc) is 2.10. The van der Waals surface area contributed by atoms with Gasteiger partial charge in [-0.15, -0.1) is 0 Å². The van der Waals surface area contributed by atoms with Gasteiger partial charge in [0.05, 0.1) is 5.92 Å². The summed E-state index contributed by atoms with van der Waals surface area (Å²) in [6.07, 6.45) is 3.75. The number of nitrogens with two attached hydrogens (primary N) is 1. The number of carboxylic acids is 1. The number of hydrogen-bond donors (Lipinski definition) is 2. The molecule has 0 heterocycles. The van der Waals surface area contributed by atoms with Crippen molar-refractivity contribution in [1.29, 1.82) is 0 Å². The van der Waals surface area contributed by atoms with E-state index in [1.54, 1.807) is 5.94 Å². The van der Waals surface area contributed by atoms with Gasteiger partial charge < -0.3 is 10.8 Å². The molecule has 0 aromatic heterocycles. The predicted molar refractivity (Wildman–Crippen MR) is 48.9 cm³/mol. The predicted octanol–water partition coefficient (Wildman–Crippen LogP) is 0.594. The summed E-state index contributed by atoms with van der Waals surface area (Å²) in [5.41, 5.74) is 5.26. The van der Waals surface area contributed by atoms with Gasteiger partial charge in [0.2, 0.25) is 0 Å². The number of hydrogen-bond acceptors (Lipinski definition) is 3. The van der Waals surface area contributed by atoms with Gasteiger partial charge in [-0.2, -0.15) is 0 Å². The van der Waals surface area contributed by atoms with Crippen molar-refractivity contribution in [3.63, 3.8) is 0 Å². The lowest BCUT2D eigenvalue weighted by Crippen LogP contribution is -2.17. The molecule has 0 aliphatic heterocycles. The summed E-state index contributed by atoms with van der Waals surface area (Å²) in [7, 11) is 0. The molecular weight excluding hydrogens is 170 g/mol. The summed E-state index contributed by atoms with van der Waals surface area (Å²) in [5.74, 6) is 0.480. The third-order valence-electron chi connectivity index (χ3n) is 1.85. The van der Waals surface area contributed by atoms with Crippen LogP contribution >= 0.6 is 0 Å². The molecule has 0 amide bonds. The van der Waals surface area contributed by atoms with E-state index in [9.17, 15) is 9.59 Å². The fourth-order valence-corrected chi connectivity index (χ4v) is 1.12. The molecule has 0 aliphatic rings. The third kappa shape index (κ3) is 6.08. The van der Waals surface area contributed by atoms with Crippen molar-refractivity contribution in [2.75, 3.05) is 6.54 Å². The third-order valence-corrected chi connectivity index (χ3v) is 1.85. The Balaban J connectivity index is 3.68. The summed E-state index contributed by atoms with van der Waals surface area (Å²) in [5, 5.41) is 8.72. The second kappa shape index (κ2) is 7.53. The molecule has 1 atom stereocenters. The van der Waals surface area contributed by atoms with E-state index in [-0.39, 0.29) is 5.92 Å². The highest BCUT2D eigenvalue weighted by Crippen LogP contribution is 2.12. The molecule has 0 fully saturated rings. The Morgan fingerprint density at radius 3 is 2.69 bits per heavy atom. The van der Waals surface area contributed by atoms with E-state index in [1.807, 2.05) is 0 Å². The van der Waals surface area contributed by atoms with Crippen molar-refractivity contribution in [3.05, 3.63) is 6.08 Å². The van der Waals surface area contributed by atoms with E-state index >= 15 is 0 Å². The maximum Gasteiger partial charge on any atom is 0.306 e. The van der Waals surface area contributed by atoms with Crippen LogP contribution in [0.4, 0.5) is 0 Å². The Labute approximate surface area is 77.4 Å². The van der Waals surface area contributed by atoms with Gasteiger partial charge in [-0.1, -0.05) is 0 Å². The Bertz CT molecular complexity index is 197. The van der Waals surface area contributed by atoms with Crippen LogP contribution in [0.15, 0.2) is 6.08 Å². The van der Waals surface area contributed by atoms with E-state index in [0.717, 1.165) is 0 Å². The topological polar surface area (TPSA) is 80.4 Å². The minimum atomic E-state index is -0.805. The normalized spacial score (nSPS) is 11.8. The van der Waals surface area contributed by atoms with Crippen molar-refractivity contribution in [2.45, 2.75) is 25.7 Å². The number of aliphatic carboxylic acids is 1. The Kier molecular flexibility index (Phi) is 6.88. The summed E-state index contributed by atoms with van der Waals surface area (Å²) in [4.78, 5) is 20.4. The second-order valence-corrected chi connectivity index (χ2v) is 2.87. The van der Waals surface area contributed by atoms with Crippen LogP contribution < -0.4 is 5.73 Å². The number of allylic oxidation sites excluding steroid dienone is 1. The quantitative estimate of drug-likeness (QED) is 0.449. The van der Waals surface area contributed by atoms with Gasteiger partial charge in [-0.05, 0) is 38.3 Å². The highest BCUT2D eigenvalue weighted by molar-refractivity contribution is 5.69. The first-order valence-corrected chi connectivity index (χ1v) is 4.34. The number of carbonyl (C=O) groups excluding carboxylic acids is 1. The van der Waals surface area contributed by atoms with Gasteiger partial charge in [0.1, 0.15) is 5.94 Å². The minimum Gasteiger partial charge on any atom is -0.481 e. The molecule has 0 saturated heterocycles. The molecule has 3 N–H and O–H groups in total. The monoisotopic (exact) mass is 185 g/mol. The molecule has 0 aliphatic carbocycles. The Morgan fingerprint density at radius 2 is 2.23 bits per heavy atom. The Morgan fingerprint density at radius 1 is 1.54 bits per heavy atom. The molecule has 4 nitrogen and oxygen atoms in total. The first kappa shape index (κ1) is 11.9. The molecule has 13 heavy (non-hydrogen) atoms. The molecule has 0 aromatic rings. The first-order chi connectivity index (χ1) is 6.22. The van der Waals surface area contributed by atoms with Crippen LogP contribution in [-0.2, 0) is 9.59 Å². The SMILES string of the molecule is NCCC(CCCC=C=O)C(=O)O. The molecule has 0 saturated carbocycles. The zero-order valence-electron chi connectivity index (χ0n) is 7.53. The molecule has 1 unspecified atom stereocenters. The fourth-order valence-electron chi connectivity index (χ4n) is 1.12. The lowest BCUT2D eigenvalue weighted by molar-refractivity contribution is -0.142. The number of unbranched alkanes of at least 4 members (excludes halogenated alkanes) is 1. The molecule has 74 valence electrons. The van der Waals surface area contributed by atoms with E-state index in [0.29, 0.717) is 32.2 Å². The average molecular weight is 185 g/mol. The molecule has 0 aromatic carbocycles. The molecule has 0 rings (SSSR count). The van der Waals surface area contributed by atoms with E-state index in [4.69, 9.17) is 10.8 Å². The highest BCUT2D eigenvalue weighted by atomic mass is 16.4. The maximum absolute atomic E-state index is 10.6. The summed E-state index contributed by atoms with van der Waals surface area (Å²) < 4.78 is 0. The van der Waals surface area contributed by atoms with Crippen molar-refractivity contribution in [2.24, 2.45) is 11.7 Å². The van der Waals surface area contributed by atoms with Gasteiger partial charge in [-0.3, -0.25) is 4.79 Å². The first-order valence-electron chi connectivity index (χ1n) is 4.34. The molecule has 0 radical (unpaired) electrons. The smallest absolute Gasteiger partial charge is 0.306 e. The lowest BCUT2D eigenvalue weighted by atomic mass is 9.99. The molecular formula is C9H15NO3. The van der Waals surface area contributed by atoms with Crippen LogP contribution in [0.2, 0.25) is 0 Å². The van der Waals surface area contributed by atoms with Gasteiger partial charge in [0.15, 0.2) is 0 Å². The fraction of sp³-hybridized carbons (Fsp3) is 0.667. The molecule has 0 bridgehead atoms. The molecule has 4 heteroatoms. The van der Waals surface area contributed by atoms with Crippen LogP contribution in [0.1, 0.15) is 25.7 Å². The van der Waals surface area contributed by atoms with Crippen molar-refractivity contribution >= 4 is 11.9 Å². The summed E-state index contributed by atoms with van der Waals surface area (Å²) >= 11 is 0. The molecule has 0 spiro atoms. The van der Waals surface area contributed by atoms with E-state index in [1.165, 1.54) is 6.08 Å². The highest BCUT2D eigenvalue weighted by Gasteiger charge is 2.14. The second-order valence-electron chi connectivity index (χ2n) is 2.87. The van der Waals surface area contributed by atoms with Gasteiger partial charge in [-0.25, -0.2) is 4.79 Å². The zero-order chi connectivity index (χ0) is 10.1. The van der Waals surface area contributed by atoms with Crippen LogP contribution in [0.3, 0.4) is 0 Å². The van der Waals surface area contributed by atoms with Crippen LogP contribution in [0, 0.1) is 5.92 Å².